The summed E-state index contributed by atoms with van der Waals surface area (Å²) in [6.45, 7) is 3.18. The summed E-state index contributed by atoms with van der Waals surface area (Å²) >= 11 is 5.64. The number of hydrogen-bond donors (Lipinski definition) is 2. The third kappa shape index (κ3) is 4.82. The first kappa shape index (κ1) is 16.0. The number of nitrogens with two attached hydrogens (primary N) is 1. The zero-order valence-corrected chi connectivity index (χ0v) is 12.6. The minimum atomic E-state index is -0.450. The summed E-state index contributed by atoms with van der Waals surface area (Å²) in [5.41, 5.74) is 5.35. The zero-order chi connectivity index (χ0) is 15.2. The summed E-state index contributed by atoms with van der Waals surface area (Å²) in [4.78, 5) is 17.3. The molecular formula is C14H20ClFN4O. The molecule has 0 radical (unpaired) electrons. The molecule has 1 aromatic heterocycles. The molecule has 5 nitrogen and oxygen atoms in total. The van der Waals surface area contributed by atoms with Crippen LogP contribution in [0.2, 0.25) is 5.02 Å². The maximum atomic E-state index is 13.5. The molecule has 0 bridgehead atoms. The van der Waals surface area contributed by atoms with Crippen LogP contribution >= 0.6 is 11.6 Å². The summed E-state index contributed by atoms with van der Waals surface area (Å²) in [5, 5.41) is 3.23. The molecule has 1 saturated heterocycles. The van der Waals surface area contributed by atoms with Gasteiger partial charge in [0.15, 0.2) is 11.6 Å². The molecule has 0 aliphatic carbocycles. The van der Waals surface area contributed by atoms with E-state index in [2.05, 4.69) is 15.2 Å². The van der Waals surface area contributed by atoms with Crippen molar-refractivity contribution in [1.29, 1.82) is 0 Å². The van der Waals surface area contributed by atoms with Gasteiger partial charge in [-0.2, -0.15) is 0 Å². The zero-order valence-electron chi connectivity index (χ0n) is 11.8. The predicted octanol–water partition coefficient (Wildman–Crippen LogP) is 1.87. The predicted molar refractivity (Wildman–Crippen MR) is 80.7 cm³/mol. The van der Waals surface area contributed by atoms with E-state index < -0.39 is 5.82 Å². The smallest absolute Gasteiger partial charge is 0.221 e. The van der Waals surface area contributed by atoms with Gasteiger partial charge in [0.25, 0.3) is 0 Å². The Morgan fingerprint density at radius 1 is 1.62 bits per heavy atom. The van der Waals surface area contributed by atoms with Crippen molar-refractivity contribution >= 4 is 23.3 Å². The molecule has 1 aromatic rings. The fraction of sp³-hybridized carbons (Fsp3) is 0.571. The number of aromatic nitrogens is 1. The van der Waals surface area contributed by atoms with E-state index in [0.29, 0.717) is 6.54 Å². The van der Waals surface area contributed by atoms with Crippen molar-refractivity contribution in [2.75, 3.05) is 31.5 Å². The van der Waals surface area contributed by atoms with Gasteiger partial charge in [0.1, 0.15) is 0 Å². The monoisotopic (exact) mass is 314 g/mol. The first-order valence-corrected chi connectivity index (χ1v) is 7.50. The van der Waals surface area contributed by atoms with Crippen LogP contribution in [0.5, 0.6) is 0 Å². The Hall–Kier alpha value is -1.40. The fourth-order valence-electron chi connectivity index (χ4n) is 2.54. The second-order valence-corrected chi connectivity index (χ2v) is 5.74. The van der Waals surface area contributed by atoms with E-state index in [9.17, 15) is 9.18 Å². The van der Waals surface area contributed by atoms with Gasteiger partial charge < -0.3 is 16.0 Å². The minimum absolute atomic E-state index is 0.0397. The third-order valence-corrected chi connectivity index (χ3v) is 3.87. The topological polar surface area (TPSA) is 71.2 Å². The van der Waals surface area contributed by atoms with E-state index in [4.69, 9.17) is 17.3 Å². The van der Waals surface area contributed by atoms with Crippen LogP contribution < -0.4 is 11.1 Å². The lowest BCUT2D eigenvalue weighted by atomic mass is 9.97. The van der Waals surface area contributed by atoms with Gasteiger partial charge in [-0.05, 0) is 38.4 Å². The van der Waals surface area contributed by atoms with E-state index in [1.165, 1.54) is 12.3 Å². The maximum absolute atomic E-state index is 13.5. The second kappa shape index (κ2) is 7.56. The molecule has 7 heteroatoms. The molecule has 0 spiro atoms. The number of nitrogens with zero attached hydrogens (tertiary/aromatic N) is 2. The summed E-state index contributed by atoms with van der Waals surface area (Å²) in [7, 11) is 0. The van der Waals surface area contributed by atoms with Crippen LogP contribution in [0.25, 0.3) is 0 Å². The van der Waals surface area contributed by atoms with Gasteiger partial charge >= 0.3 is 0 Å². The highest BCUT2D eigenvalue weighted by molar-refractivity contribution is 6.30. The molecule has 1 unspecified atom stereocenters. The van der Waals surface area contributed by atoms with Crippen molar-refractivity contribution in [2.24, 2.45) is 11.7 Å². The number of pyridine rings is 1. The first-order chi connectivity index (χ1) is 10.1. The largest absolute Gasteiger partial charge is 0.369 e. The van der Waals surface area contributed by atoms with Crippen molar-refractivity contribution in [3.8, 4) is 0 Å². The van der Waals surface area contributed by atoms with E-state index in [1.807, 2.05) is 0 Å². The van der Waals surface area contributed by atoms with Crippen molar-refractivity contribution in [1.82, 2.24) is 9.88 Å². The molecule has 3 N–H and O–H groups in total. The van der Waals surface area contributed by atoms with Crippen LogP contribution in [0, 0.1) is 11.7 Å². The Labute approximate surface area is 128 Å². The van der Waals surface area contributed by atoms with E-state index >= 15 is 0 Å². The maximum Gasteiger partial charge on any atom is 0.221 e. The van der Waals surface area contributed by atoms with Crippen LogP contribution in [0.15, 0.2) is 12.3 Å². The van der Waals surface area contributed by atoms with E-state index in [0.717, 1.165) is 38.9 Å². The Balaban J connectivity index is 1.71. The molecular weight excluding hydrogens is 295 g/mol. The van der Waals surface area contributed by atoms with Crippen LogP contribution in [0.1, 0.15) is 19.3 Å². The Morgan fingerprint density at radius 3 is 3.14 bits per heavy atom. The van der Waals surface area contributed by atoms with Gasteiger partial charge in [-0.1, -0.05) is 11.6 Å². The number of hydrogen-bond acceptors (Lipinski definition) is 4. The lowest BCUT2D eigenvalue weighted by Crippen LogP contribution is -2.41. The summed E-state index contributed by atoms with van der Waals surface area (Å²) in [5.74, 6) is -0.491. The number of rotatable bonds is 6. The number of nitrogens with one attached hydrogen (secondary N) is 1. The number of amides is 1. The normalized spacial score (nSPS) is 19.4. The molecule has 1 aliphatic heterocycles. The van der Waals surface area contributed by atoms with Crippen LogP contribution in [0.3, 0.4) is 0 Å². The first-order valence-electron chi connectivity index (χ1n) is 7.13. The lowest BCUT2D eigenvalue weighted by molar-refractivity contribution is -0.123. The van der Waals surface area contributed by atoms with Crippen molar-refractivity contribution in [3.63, 3.8) is 0 Å². The highest BCUT2D eigenvalue weighted by Gasteiger charge is 2.23. The van der Waals surface area contributed by atoms with E-state index in [1.54, 1.807) is 0 Å². The van der Waals surface area contributed by atoms with Gasteiger partial charge in [-0.15, -0.1) is 0 Å². The van der Waals surface area contributed by atoms with Crippen LogP contribution in [-0.2, 0) is 4.79 Å². The lowest BCUT2D eigenvalue weighted by Gasteiger charge is -2.31. The number of piperidine rings is 1. The molecule has 0 aromatic carbocycles. The summed E-state index contributed by atoms with van der Waals surface area (Å²) in [6, 6.07) is 1.24. The number of primary amides is 1. The van der Waals surface area contributed by atoms with Crippen LogP contribution in [0.4, 0.5) is 10.2 Å². The molecule has 2 heterocycles. The van der Waals surface area contributed by atoms with Gasteiger partial charge in [-0.3, -0.25) is 4.79 Å². The summed E-state index contributed by atoms with van der Waals surface area (Å²) < 4.78 is 13.5. The van der Waals surface area contributed by atoms with E-state index in [-0.39, 0.29) is 22.7 Å². The molecule has 21 heavy (non-hydrogen) atoms. The third-order valence-electron chi connectivity index (χ3n) is 3.66. The molecule has 116 valence electrons. The fourth-order valence-corrected chi connectivity index (χ4v) is 2.69. The Kier molecular flexibility index (Phi) is 5.76. The standard InChI is InChI=1S/C14H20ClFN4O/c15-11-7-12(16)14(19-8-11)18-4-2-6-20-5-1-3-10(9-20)13(17)21/h7-8,10H,1-6,9H2,(H2,17,21)(H,18,19). The molecule has 1 fully saturated rings. The van der Waals surface area contributed by atoms with Gasteiger partial charge in [0.2, 0.25) is 5.91 Å². The SMILES string of the molecule is NC(=O)C1CCCN(CCCNc2ncc(Cl)cc2F)C1. The number of carbonyl (C=O) groups is 1. The average Bonchev–Trinajstić information content (AvgIpc) is 2.45. The van der Waals surface area contributed by atoms with Gasteiger partial charge in [0.05, 0.1) is 10.9 Å². The number of halogens is 2. The highest BCUT2D eigenvalue weighted by atomic mass is 35.5. The highest BCUT2D eigenvalue weighted by Crippen LogP contribution is 2.17. The van der Waals surface area contributed by atoms with Crippen molar-refractivity contribution in [2.45, 2.75) is 19.3 Å². The van der Waals surface area contributed by atoms with Gasteiger partial charge in [-0.25, -0.2) is 9.37 Å². The summed E-state index contributed by atoms with van der Waals surface area (Å²) in [6.07, 6.45) is 4.13. The molecule has 1 aliphatic rings. The quantitative estimate of drug-likeness (QED) is 0.786. The Bertz CT molecular complexity index is 500. The van der Waals surface area contributed by atoms with Crippen molar-refractivity contribution in [3.05, 3.63) is 23.1 Å². The minimum Gasteiger partial charge on any atom is -0.369 e. The second-order valence-electron chi connectivity index (χ2n) is 5.31. The molecule has 0 saturated carbocycles. The van der Waals surface area contributed by atoms with Gasteiger partial charge in [0, 0.05) is 19.3 Å². The number of anilines is 1. The number of likely N-dealkylation sites (tertiary alicyclic amines) is 1. The average molecular weight is 315 g/mol. The molecule has 1 atom stereocenters. The molecule has 2 rings (SSSR count). The van der Waals surface area contributed by atoms with Crippen LogP contribution in [-0.4, -0.2) is 42.0 Å². The molecule has 1 amide bonds. The number of carbonyl (C=O) groups excluding carboxylic acids is 1. The van der Waals surface area contributed by atoms with Crippen molar-refractivity contribution < 1.29 is 9.18 Å². The Morgan fingerprint density at radius 2 is 2.43 bits per heavy atom.